The second-order valence-corrected chi connectivity index (χ2v) is 14.0. The van der Waals surface area contributed by atoms with Gasteiger partial charge in [0, 0.05) is 41.0 Å². The van der Waals surface area contributed by atoms with Crippen LogP contribution in [-0.4, -0.2) is 50.6 Å². The number of aromatic nitrogens is 1. The molecule has 0 N–H and O–H groups in total. The van der Waals surface area contributed by atoms with E-state index >= 15 is 0 Å². The van der Waals surface area contributed by atoms with Crippen molar-refractivity contribution in [2.45, 2.75) is 73.8 Å². The van der Waals surface area contributed by atoms with Gasteiger partial charge in [-0.25, -0.2) is 12.4 Å². The Balaban J connectivity index is 1.68. The highest BCUT2D eigenvalue weighted by molar-refractivity contribution is 7.90. The van der Waals surface area contributed by atoms with Gasteiger partial charge >= 0.3 is 15.6 Å². The van der Waals surface area contributed by atoms with E-state index in [9.17, 15) is 34.8 Å². The van der Waals surface area contributed by atoms with Gasteiger partial charge in [-0.15, -0.1) is 0 Å². The number of benzene rings is 2. The summed E-state index contributed by atoms with van der Waals surface area (Å²) in [5.41, 5.74) is -4.51. The van der Waals surface area contributed by atoms with E-state index in [-0.39, 0.29) is 26.9 Å². The fourth-order valence-electron chi connectivity index (χ4n) is 6.31. The van der Waals surface area contributed by atoms with Crippen LogP contribution in [-0.2, 0) is 40.8 Å². The zero-order valence-electron chi connectivity index (χ0n) is 21.4. The number of nitrogens with zero attached hydrogens (tertiary/aromatic N) is 1. The number of hydrogen-bond donors (Lipinski definition) is 0. The van der Waals surface area contributed by atoms with Crippen LogP contribution in [0.3, 0.4) is 0 Å². The van der Waals surface area contributed by atoms with Crippen LogP contribution in [0.2, 0.25) is 0 Å². The maximum absolute atomic E-state index is 13.8. The molecule has 9 nitrogen and oxygen atoms in total. The third-order valence-electron chi connectivity index (χ3n) is 7.79. The van der Waals surface area contributed by atoms with Gasteiger partial charge in [-0.05, 0) is 51.0 Å². The first-order valence-electron chi connectivity index (χ1n) is 12.4. The lowest BCUT2D eigenvalue weighted by Gasteiger charge is -2.29. The Labute approximate surface area is 228 Å². The molecule has 6 rings (SSSR count). The average Bonchev–Trinajstić information content (AvgIpc) is 3.58. The predicted molar refractivity (Wildman–Crippen MR) is 135 cm³/mol. The molecule has 1 saturated heterocycles. The largest absolute Gasteiger partial charge is 0.534 e. The second kappa shape index (κ2) is 8.54. The standard InChI is InChI=1S/C26H24F3NO8S2/c1-13-4-6-14(7-5-13)39(32,33)30-10-8-15-16(9-11-31)22(38-40(34,35)26(27,28)29)20-18-12-17(19(20)21(15)30)23-24(18)37-25(2,3)36-23/h4-8,10-11,17-18,23-24H,9,12H2,1-3H3. The van der Waals surface area contributed by atoms with Crippen LogP contribution in [0.5, 0.6) is 5.75 Å². The van der Waals surface area contributed by atoms with Crippen molar-refractivity contribution in [3.8, 4) is 5.75 Å². The van der Waals surface area contributed by atoms with Crippen LogP contribution in [0, 0.1) is 6.92 Å². The summed E-state index contributed by atoms with van der Waals surface area (Å²) in [5, 5.41) is 0.0937. The van der Waals surface area contributed by atoms with E-state index in [1.807, 2.05) is 0 Å². The smallest absolute Gasteiger partial charge is 0.375 e. The van der Waals surface area contributed by atoms with E-state index in [0.29, 0.717) is 18.3 Å². The maximum atomic E-state index is 13.8. The van der Waals surface area contributed by atoms with E-state index in [4.69, 9.17) is 13.7 Å². The Bertz CT molecular complexity index is 1780. The Morgan fingerprint density at radius 2 is 1.62 bits per heavy atom. The van der Waals surface area contributed by atoms with Crippen LogP contribution in [0.25, 0.3) is 10.9 Å². The van der Waals surface area contributed by atoms with Gasteiger partial charge in [0.2, 0.25) is 0 Å². The number of fused-ring (bicyclic) bond motifs is 10. The lowest BCUT2D eigenvalue weighted by molar-refractivity contribution is -0.153. The molecule has 0 radical (unpaired) electrons. The molecule has 3 aliphatic rings. The maximum Gasteiger partial charge on any atom is 0.534 e. The molecule has 1 aliphatic heterocycles. The molecule has 4 atom stereocenters. The summed E-state index contributed by atoms with van der Waals surface area (Å²) in [6.07, 6.45) is 0.241. The summed E-state index contributed by atoms with van der Waals surface area (Å²) in [4.78, 5) is 11.7. The van der Waals surface area contributed by atoms with Gasteiger partial charge in [-0.2, -0.15) is 21.6 Å². The quantitative estimate of drug-likeness (QED) is 0.234. The van der Waals surface area contributed by atoms with Gasteiger partial charge in [-0.3, -0.25) is 0 Å². The number of carbonyl (C=O) groups is 1. The summed E-state index contributed by atoms with van der Waals surface area (Å²) < 4.78 is 111. The van der Waals surface area contributed by atoms with E-state index in [1.165, 1.54) is 24.4 Å². The minimum atomic E-state index is -6.13. The fourth-order valence-corrected chi connectivity index (χ4v) is 8.18. The van der Waals surface area contributed by atoms with Crippen molar-refractivity contribution in [3.63, 3.8) is 0 Å². The molecular formula is C26H24F3NO8S2. The van der Waals surface area contributed by atoms with Crippen LogP contribution in [0.4, 0.5) is 13.2 Å². The van der Waals surface area contributed by atoms with Crippen molar-refractivity contribution >= 4 is 37.3 Å². The Morgan fingerprint density at radius 1 is 1.02 bits per heavy atom. The Hall–Kier alpha value is -2.94. The summed E-state index contributed by atoms with van der Waals surface area (Å²) in [7, 11) is -10.3. The molecule has 214 valence electrons. The third kappa shape index (κ3) is 3.83. The molecule has 2 bridgehead atoms. The highest BCUT2D eigenvalue weighted by Gasteiger charge is 2.61. The topological polar surface area (TPSA) is 118 Å². The molecule has 2 fully saturated rings. The van der Waals surface area contributed by atoms with E-state index in [0.717, 1.165) is 9.54 Å². The fraction of sp³-hybridized carbons (Fsp3) is 0.423. The molecule has 0 spiro atoms. The summed E-state index contributed by atoms with van der Waals surface area (Å²) in [5.74, 6) is -2.84. The number of alkyl halides is 3. The molecule has 2 aliphatic carbocycles. The summed E-state index contributed by atoms with van der Waals surface area (Å²) in [6.45, 7) is 5.16. The number of aldehydes is 1. The highest BCUT2D eigenvalue weighted by Crippen LogP contribution is 2.64. The number of ether oxygens (including phenoxy) is 2. The van der Waals surface area contributed by atoms with Crippen molar-refractivity contribution in [1.82, 2.24) is 3.97 Å². The summed E-state index contributed by atoms with van der Waals surface area (Å²) >= 11 is 0. The average molecular weight is 600 g/mol. The Morgan fingerprint density at radius 3 is 2.20 bits per heavy atom. The first-order chi connectivity index (χ1) is 18.6. The molecule has 2 heterocycles. The molecular weight excluding hydrogens is 575 g/mol. The van der Waals surface area contributed by atoms with E-state index < -0.39 is 67.7 Å². The van der Waals surface area contributed by atoms with Crippen molar-refractivity contribution in [1.29, 1.82) is 0 Å². The van der Waals surface area contributed by atoms with E-state index in [2.05, 4.69) is 0 Å². The normalized spacial score (nSPS) is 25.2. The van der Waals surface area contributed by atoms with Crippen molar-refractivity contribution in [3.05, 3.63) is 58.8 Å². The second-order valence-electron chi connectivity index (χ2n) is 10.7. The van der Waals surface area contributed by atoms with Gasteiger partial charge in [0.15, 0.2) is 11.5 Å². The van der Waals surface area contributed by atoms with E-state index in [1.54, 1.807) is 32.9 Å². The number of halogens is 3. The number of aryl methyl sites for hydroxylation is 1. The van der Waals surface area contributed by atoms with Crippen LogP contribution in [0.1, 0.15) is 54.4 Å². The Kier molecular flexibility index (Phi) is 5.81. The number of hydrogen-bond acceptors (Lipinski definition) is 8. The summed E-state index contributed by atoms with van der Waals surface area (Å²) in [6, 6.07) is 7.48. The van der Waals surface area contributed by atoms with Gasteiger partial charge in [0.05, 0.1) is 22.6 Å². The van der Waals surface area contributed by atoms with Crippen molar-refractivity contribution in [2.24, 2.45) is 0 Å². The SMILES string of the molecule is Cc1ccc(S(=O)(=O)n2ccc3c(CC=O)c(OS(=O)(=O)C(F)(F)F)c4c(c32)C2CC4C3OC(C)(C)OC23)cc1. The number of carbonyl (C=O) groups excluding carboxylic acids is 1. The van der Waals surface area contributed by atoms with Crippen molar-refractivity contribution in [2.75, 3.05) is 0 Å². The number of rotatable bonds is 6. The molecule has 40 heavy (non-hydrogen) atoms. The van der Waals surface area contributed by atoms with Crippen LogP contribution >= 0.6 is 0 Å². The van der Waals surface area contributed by atoms with Crippen molar-refractivity contribution < 1.29 is 48.5 Å². The lowest BCUT2D eigenvalue weighted by Crippen LogP contribution is -2.32. The third-order valence-corrected chi connectivity index (χ3v) is 10.4. The molecule has 1 saturated carbocycles. The molecule has 14 heteroatoms. The molecule has 4 unspecified atom stereocenters. The molecule has 3 aromatic rings. The molecule has 0 amide bonds. The van der Waals surface area contributed by atoms with Gasteiger partial charge in [0.1, 0.15) is 6.29 Å². The predicted octanol–water partition coefficient (Wildman–Crippen LogP) is 4.26. The first kappa shape index (κ1) is 27.2. The molecule has 1 aromatic heterocycles. The first-order valence-corrected chi connectivity index (χ1v) is 15.2. The van der Waals surface area contributed by atoms with Gasteiger partial charge < -0.3 is 18.5 Å². The zero-order valence-corrected chi connectivity index (χ0v) is 23.1. The van der Waals surface area contributed by atoms with Gasteiger partial charge in [0.25, 0.3) is 10.0 Å². The van der Waals surface area contributed by atoms with Crippen LogP contribution in [0.15, 0.2) is 41.4 Å². The van der Waals surface area contributed by atoms with Gasteiger partial charge in [-0.1, -0.05) is 17.7 Å². The monoisotopic (exact) mass is 599 g/mol. The minimum absolute atomic E-state index is 0.0242. The highest BCUT2D eigenvalue weighted by atomic mass is 32.2. The minimum Gasteiger partial charge on any atom is -0.375 e. The van der Waals surface area contributed by atoms with Crippen LogP contribution < -0.4 is 4.18 Å². The lowest BCUT2D eigenvalue weighted by atomic mass is 9.83. The molecule has 2 aromatic carbocycles. The zero-order chi connectivity index (χ0) is 29.0.